The first-order chi connectivity index (χ1) is 14.1. The molecule has 1 aliphatic heterocycles. The van der Waals surface area contributed by atoms with E-state index in [4.69, 9.17) is 25.4 Å². The molecular formula is C23H27BrNO4+. The van der Waals surface area contributed by atoms with E-state index in [1.54, 1.807) is 7.11 Å². The van der Waals surface area contributed by atoms with Gasteiger partial charge < -0.3 is 24.3 Å². The largest absolute Gasteiger partial charge is 0.493 e. The molecule has 1 heterocycles. The Morgan fingerprint density at radius 3 is 2.45 bits per heavy atom. The maximum atomic E-state index is 5.86. The van der Waals surface area contributed by atoms with Crippen LogP contribution < -0.4 is 24.3 Å². The fourth-order valence-corrected chi connectivity index (χ4v) is 4.26. The van der Waals surface area contributed by atoms with Crippen molar-refractivity contribution in [1.82, 2.24) is 0 Å². The van der Waals surface area contributed by atoms with Crippen LogP contribution in [0, 0.1) is 12.3 Å². The van der Waals surface area contributed by atoms with Gasteiger partial charge >= 0.3 is 0 Å². The number of rotatable bonds is 8. The van der Waals surface area contributed by atoms with E-state index < -0.39 is 0 Å². The Morgan fingerprint density at radius 2 is 1.79 bits per heavy atom. The van der Waals surface area contributed by atoms with Crippen LogP contribution >= 0.6 is 15.9 Å². The van der Waals surface area contributed by atoms with Crippen molar-refractivity contribution in [3.05, 3.63) is 45.4 Å². The quantitative estimate of drug-likeness (QED) is 0.612. The number of quaternary nitrogens is 1. The van der Waals surface area contributed by atoms with Gasteiger partial charge in [-0.1, -0.05) is 5.92 Å². The van der Waals surface area contributed by atoms with Crippen molar-refractivity contribution < 1.29 is 24.3 Å². The van der Waals surface area contributed by atoms with E-state index in [9.17, 15) is 0 Å². The third kappa shape index (κ3) is 4.63. The second-order valence-electron chi connectivity index (χ2n) is 6.64. The van der Waals surface area contributed by atoms with E-state index >= 15 is 0 Å². The van der Waals surface area contributed by atoms with Crippen LogP contribution in [-0.4, -0.2) is 33.5 Å². The van der Waals surface area contributed by atoms with Gasteiger partial charge in [-0.2, -0.15) is 0 Å². The summed E-state index contributed by atoms with van der Waals surface area (Å²) in [6.45, 7) is 6.34. The number of ether oxygens (including phenoxy) is 4. The fraction of sp³-hybridized carbons (Fsp3) is 0.391. The third-order valence-electron chi connectivity index (χ3n) is 4.87. The summed E-state index contributed by atoms with van der Waals surface area (Å²) in [6.07, 6.45) is 6.32. The Kier molecular flexibility index (Phi) is 7.29. The average molecular weight is 461 g/mol. The summed E-state index contributed by atoms with van der Waals surface area (Å²) < 4.78 is 23.7. The Bertz CT molecular complexity index is 907. The second kappa shape index (κ2) is 9.91. The Morgan fingerprint density at radius 1 is 1.07 bits per heavy atom. The molecule has 3 rings (SSSR count). The molecule has 0 saturated heterocycles. The van der Waals surface area contributed by atoms with Crippen molar-refractivity contribution >= 4 is 15.9 Å². The van der Waals surface area contributed by atoms with Crippen molar-refractivity contribution in [1.29, 1.82) is 0 Å². The zero-order valence-corrected chi connectivity index (χ0v) is 18.7. The van der Waals surface area contributed by atoms with Crippen LogP contribution in [0.4, 0.5) is 0 Å². The van der Waals surface area contributed by atoms with E-state index in [2.05, 4.69) is 45.4 Å². The van der Waals surface area contributed by atoms with Crippen LogP contribution in [0.25, 0.3) is 0 Å². The summed E-state index contributed by atoms with van der Waals surface area (Å²) in [5.74, 6) is 5.36. The van der Waals surface area contributed by atoms with Gasteiger partial charge in [0.2, 0.25) is 0 Å². The van der Waals surface area contributed by atoms with Gasteiger partial charge in [0.25, 0.3) is 0 Å². The Balaban J connectivity index is 2.05. The van der Waals surface area contributed by atoms with Gasteiger partial charge in [0.1, 0.15) is 12.6 Å². The van der Waals surface area contributed by atoms with Crippen molar-refractivity contribution in [3.8, 4) is 35.3 Å². The lowest BCUT2D eigenvalue weighted by Crippen LogP contribution is -2.87. The molecule has 1 atom stereocenters. The lowest BCUT2D eigenvalue weighted by atomic mass is 9.89. The summed E-state index contributed by atoms with van der Waals surface area (Å²) >= 11 is 3.61. The van der Waals surface area contributed by atoms with Crippen molar-refractivity contribution in [2.24, 2.45) is 0 Å². The van der Waals surface area contributed by atoms with Gasteiger partial charge in [-0.05, 0) is 59.6 Å². The summed E-state index contributed by atoms with van der Waals surface area (Å²) in [7, 11) is 1.63. The van der Waals surface area contributed by atoms with E-state index in [-0.39, 0.29) is 12.6 Å². The van der Waals surface area contributed by atoms with Crippen molar-refractivity contribution in [2.75, 3.05) is 33.5 Å². The maximum Gasteiger partial charge on any atom is 0.176 e. The Hall–Kier alpha value is -2.36. The first-order valence-electron chi connectivity index (χ1n) is 9.82. The van der Waals surface area contributed by atoms with E-state index in [0.717, 1.165) is 34.5 Å². The number of fused-ring (bicyclic) bond motifs is 1. The lowest BCUT2D eigenvalue weighted by Gasteiger charge is -2.26. The molecule has 0 fully saturated rings. The zero-order chi connectivity index (χ0) is 20.8. The van der Waals surface area contributed by atoms with Crippen LogP contribution in [0.2, 0.25) is 0 Å². The molecule has 0 bridgehead atoms. The molecule has 2 aromatic rings. The SMILES string of the molecule is C#CCOc1c(Br)cc([C@@H]2[NH2+]CCc3cc(OCC)c(OCC)cc32)cc1OC. The summed E-state index contributed by atoms with van der Waals surface area (Å²) in [5.41, 5.74) is 3.64. The highest BCUT2D eigenvalue weighted by molar-refractivity contribution is 9.10. The molecular weight excluding hydrogens is 434 g/mol. The number of methoxy groups -OCH3 is 1. The molecule has 1 aliphatic rings. The molecule has 0 saturated carbocycles. The summed E-state index contributed by atoms with van der Waals surface area (Å²) in [6, 6.07) is 8.46. The van der Waals surface area contributed by atoms with Gasteiger partial charge in [0.15, 0.2) is 23.0 Å². The minimum Gasteiger partial charge on any atom is -0.493 e. The number of terminal acetylenes is 1. The summed E-state index contributed by atoms with van der Waals surface area (Å²) in [4.78, 5) is 0. The second-order valence-corrected chi connectivity index (χ2v) is 7.50. The molecule has 2 aromatic carbocycles. The topological polar surface area (TPSA) is 53.5 Å². The van der Waals surface area contributed by atoms with Crippen LogP contribution in [0.3, 0.4) is 0 Å². The van der Waals surface area contributed by atoms with E-state index in [1.165, 1.54) is 11.1 Å². The smallest absolute Gasteiger partial charge is 0.176 e. The molecule has 0 spiro atoms. The summed E-state index contributed by atoms with van der Waals surface area (Å²) in [5, 5.41) is 2.33. The van der Waals surface area contributed by atoms with E-state index in [0.29, 0.717) is 24.7 Å². The molecule has 154 valence electrons. The first kappa shape index (κ1) is 21.4. The van der Waals surface area contributed by atoms with Gasteiger partial charge in [0.05, 0.1) is 31.3 Å². The monoisotopic (exact) mass is 460 g/mol. The fourth-order valence-electron chi connectivity index (χ4n) is 3.68. The predicted octanol–water partition coefficient (Wildman–Crippen LogP) is 3.48. The number of nitrogens with two attached hydrogens (primary N) is 1. The molecule has 29 heavy (non-hydrogen) atoms. The highest BCUT2D eigenvalue weighted by atomic mass is 79.9. The highest BCUT2D eigenvalue weighted by Gasteiger charge is 2.29. The molecule has 0 aromatic heterocycles. The van der Waals surface area contributed by atoms with E-state index in [1.807, 2.05) is 19.9 Å². The number of benzene rings is 2. The third-order valence-corrected chi connectivity index (χ3v) is 5.46. The molecule has 2 N–H and O–H groups in total. The maximum absolute atomic E-state index is 5.86. The molecule has 0 amide bonds. The molecule has 0 aliphatic carbocycles. The van der Waals surface area contributed by atoms with Crippen LogP contribution in [0.1, 0.15) is 36.6 Å². The van der Waals surface area contributed by atoms with Crippen LogP contribution in [0.15, 0.2) is 28.7 Å². The minimum atomic E-state index is 0.125. The number of hydrogen-bond acceptors (Lipinski definition) is 4. The molecule has 0 unspecified atom stereocenters. The Labute approximate surface area is 180 Å². The predicted molar refractivity (Wildman–Crippen MR) is 116 cm³/mol. The molecule has 6 heteroatoms. The highest BCUT2D eigenvalue weighted by Crippen LogP contribution is 2.41. The van der Waals surface area contributed by atoms with Crippen molar-refractivity contribution in [2.45, 2.75) is 26.3 Å². The molecule has 0 radical (unpaired) electrons. The minimum absolute atomic E-state index is 0.125. The van der Waals surface area contributed by atoms with Crippen LogP contribution in [-0.2, 0) is 6.42 Å². The van der Waals surface area contributed by atoms with Gasteiger partial charge in [-0.25, -0.2) is 0 Å². The average Bonchev–Trinajstić information content (AvgIpc) is 2.72. The van der Waals surface area contributed by atoms with Crippen molar-refractivity contribution in [3.63, 3.8) is 0 Å². The zero-order valence-electron chi connectivity index (χ0n) is 17.1. The molecule has 5 nitrogen and oxygen atoms in total. The normalized spacial score (nSPS) is 15.2. The first-order valence-corrected chi connectivity index (χ1v) is 10.6. The number of hydrogen-bond donors (Lipinski definition) is 1. The standard InChI is InChI=1S/C23H26BrNO4/c1-5-10-29-23-18(24)11-16(13-21(23)26-4)22-17-14-20(28-7-3)19(27-6-2)12-15(17)8-9-25-22/h1,11-14,22,25H,6-10H2,2-4H3/p+1/t22-/m0/s1. The van der Waals surface area contributed by atoms with Gasteiger partial charge in [-0.3, -0.25) is 0 Å². The van der Waals surface area contributed by atoms with Crippen LogP contribution in [0.5, 0.6) is 23.0 Å². The lowest BCUT2D eigenvalue weighted by molar-refractivity contribution is -0.690. The number of halogens is 1. The van der Waals surface area contributed by atoms with Gasteiger partial charge in [0, 0.05) is 17.5 Å². The van der Waals surface area contributed by atoms with Gasteiger partial charge in [-0.15, -0.1) is 6.42 Å².